The first-order chi connectivity index (χ1) is 26.4. The van der Waals surface area contributed by atoms with Gasteiger partial charge in [-0.05, 0) is 144 Å². The highest BCUT2D eigenvalue weighted by Crippen LogP contribution is 2.54. The number of benzene rings is 2. The molecule has 9 nitrogen and oxygen atoms in total. The van der Waals surface area contributed by atoms with Gasteiger partial charge in [0.05, 0.1) is 13.1 Å². The second-order valence-electron chi connectivity index (χ2n) is 17.1. The molecule has 2 aromatic rings. The van der Waals surface area contributed by atoms with Crippen LogP contribution in [0.3, 0.4) is 0 Å². The largest absolute Gasteiger partial charge is 0.490 e. The molecule has 6 aliphatic rings. The lowest BCUT2D eigenvalue weighted by Crippen LogP contribution is -2.46. The minimum Gasteiger partial charge on any atom is -0.475 e. The Bertz CT molecular complexity index is 1490. The summed E-state index contributed by atoms with van der Waals surface area (Å²) in [6.07, 6.45) is 11.8. The van der Waals surface area contributed by atoms with Crippen molar-refractivity contribution in [3.63, 3.8) is 0 Å². The van der Waals surface area contributed by atoms with Crippen molar-refractivity contribution in [3.05, 3.63) is 70.8 Å². The van der Waals surface area contributed by atoms with Gasteiger partial charge in [0, 0.05) is 36.3 Å². The first-order valence-corrected chi connectivity index (χ1v) is 20.7. The lowest BCUT2D eigenvalue weighted by Gasteiger charge is -2.32. The van der Waals surface area contributed by atoms with Gasteiger partial charge in [0.2, 0.25) is 11.8 Å². The maximum atomic E-state index is 12.9. The molecule has 0 radical (unpaired) electrons. The topological polar surface area (TPSA) is 105 Å². The van der Waals surface area contributed by atoms with Crippen molar-refractivity contribution in [3.8, 4) is 0 Å². The maximum absolute atomic E-state index is 12.9. The number of carboxylic acids is 1. The number of hydrogen-bond acceptors (Lipinski definition) is 6. The highest BCUT2D eigenvalue weighted by molar-refractivity contribution is 5.81. The fourth-order valence-electron chi connectivity index (χ4n) is 10.9. The number of carboxylic acid groups (broad SMARTS) is 1. The third kappa shape index (κ3) is 9.39. The molecule has 8 rings (SSSR count). The number of halogens is 3. The normalized spacial score (nSPS) is 29.7. The molecule has 300 valence electrons. The van der Waals surface area contributed by atoms with E-state index in [1.165, 1.54) is 77.3 Å². The summed E-state index contributed by atoms with van der Waals surface area (Å²) in [5, 5.41) is 13.7. The lowest BCUT2D eigenvalue weighted by molar-refractivity contribution is -0.192. The Hall–Kier alpha value is -3.48. The second-order valence-corrected chi connectivity index (χ2v) is 17.1. The Balaban J connectivity index is 0.000000609. The third-order valence-corrected chi connectivity index (χ3v) is 13.5. The molecule has 12 heteroatoms. The number of amides is 2. The molecular weight excluding hydrogens is 707 g/mol. The molecule has 55 heavy (non-hydrogen) atoms. The predicted octanol–water partition coefficient (Wildman–Crippen LogP) is 7.47. The van der Waals surface area contributed by atoms with Crippen LogP contribution < -0.4 is 10.6 Å². The summed E-state index contributed by atoms with van der Waals surface area (Å²) in [7, 11) is 1.89. The van der Waals surface area contributed by atoms with Crippen LogP contribution in [0, 0.1) is 11.8 Å². The Morgan fingerprint density at radius 1 is 0.618 bits per heavy atom. The van der Waals surface area contributed by atoms with E-state index < -0.39 is 12.1 Å². The summed E-state index contributed by atoms with van der Waals surface area (Å²) < 4.78 is 31.7. The van der Waals surface area contributed by atoms with E-state index in [4.69, 9.17) is 9.90 Å². The minimum absolute atomic E-state index is 0.0511. The van der Waals surface area contributed by atoms with Crippen LogP contribution in [0.2, 0.25) is 0 Å². The van der Waals surface area contributed by atoms with E-state index in [9.17, 15) is 22.8 Å². The van der Waals surface area contributed by atoms with Gasteiger partial charge < -0.3 is 15.7 Å². The number of hydrogen-bond donors (Lipinski definition) is 3. The van der Waals surface area contributed by atoms with Crippen LogP contribution in [-0.2, 0) is 14.4 Å². The zero-order chi connectivity index (χ0) is 38.7. The molecule has 2 aromatic carbocycles. The Morgan fingerprint density at radius 2 is 0.927 bits per heavy atom. The summed E-state index contributed by atoms with van der Waals surface area (Å²) in [6, 6.07) is 21.3. The fraction of sp³-hybridized carbons (Fsp3) is 0.651. The van der Waals surface area contributed by atoms with Crippen LogP contribution >= 0.6 is 0 Å². The van der Waals surface area contributed by atoms with Crippen LogP contribution in [0.1, 0.15) is 136 Å². The molecule has 3 N–H and O–H groups in total. The van der Waals surface area contributed by atoms with Gasteiger partial charge in [0.15, 0.2) is 0 Å². The molecule has 0 unspecified atom stereocenters. The fourth-order valence-corrected chi connectivity index (χ4v) is 10.9. The van der Waals surface area contributed by atoms with E-state index in [0.29, 0.717) is 24.2 Å². The summed E-state index contributed by atoms with van der Waals surface area (Å²) >= 11 is 0. The highest BCUT2D eigenvalue weighted by Gasteiger charge is 2.44. The Morgan fingerprint density at radius 3 is 1.22 bits per heavy atom. The molecule has 2 aliphatic carbocycles. The smallest absolute Gasteiger partial charge is 0.475 e. The van der Waals surface area contributed by atoms with E-state index in [-0.39, 0.29) is 37.0 Å². The number of alkyl halides is 3. The van der Waals surface area contributed by atoms with Gasteiger partial charge in [-0.2, -0.15) is 13.2 Å². The standard InChI is InChI=1S/C41H57N5O2.C2HF3O2/c1-44(26-40(47)42-30-14-10-28(11-15-30)22-24-45-36-18-19-37(45)33-7-3-2-6-32(33)36)27-41(48)43-31-16-12-29(13-17-31)23-25-46-38-20-21-39(46)35-9-5-4-8-34(35)38;3-2(4,5)1(6)7/h2-9,28-31,36-39H,10-27H2,1H3,(H,42,47)(H,43,48);(H,6,7)/t28?,29?,30?,31?,36-,37+,38-,39+;. The molecule has 2 saturated carbocycles. The molecule has 4 aliphatic heterocycles. The first-order valence-electron chi connectivity index (χ1n) is 20.7. The van der Waals surface area contributed by atoms with Crippen LogP contribution in [0.4, 0.5) is 13.2 Å². The second kappa shape index (κ2) is 17.3. The number of carbonyl (C=O) groups excluding carboxylic acids is 2. The number of fused-ring (bicyclic) bond motifs is 10. The van der Waals surface area contributed by atoms with Gasteiger partial charge in [0.25, 0.3) is 0 Å². The molecule has 4 heterocycles. The quantitative estimate of drug-likeness (QED) is 0.206. The van der Waals surface area contributed by atoms with Gasteiger partial charge in [-0.3, -0.25) is 24.3 Å². The van der Waals surface area contributed by atoms with Crippen LogP contribution in [0.15, 0.2) is 48.5 Å². The monoisotopic (exact) mass is 765 g/mol. The number of aliphatic carboxylic acids is 1. The average Bonchev–Trinajstić information content (AvgIpc) is 3.92. The zero-order valence-electron chi connectivity index (χ0n) is 32.1. The molecule has 4 fully saturated rings. The first kappa shape index (κ1) is 39.7. The summed E-state index contributed by atoms with van der Waals surface area (Å²) in [5.41, 5.74) is 6.30. The number of carbonyl (C=O) groups is 3. The Labute approximate surface area is 323 Å². The average molecular weight is 766 g/mol. The van der Waals surface area contributed by atoms with Gasteiger partial charge >= 0.3 is 12.1 Å². The van der Waals surface area contributed by atoms with Crippen molar-refractivity contribution < 1.29 is 32.7 Å². The van der Waals surface area contributed by atoms with Gasteiger partial charge in [0.1, 0.15) is 0 Å². The number of rotatable bonds is 12. The van der Waals surface area contributed by atoms with E-state index in [2.05, 4.69) is 69.0 Å². The molecule has 4 atom stereocenters. The Kier molecular flexibility index (Phi) is 12.5. The molecule has 2 amide bonds. The van der Waals surface area contributed by atoms with Crippen molar-refractivity contribution >= 4 is 17.8 Å². The van der Waals surface area contributed by atoms with Crippen molar-refractivity contribution in [1.29, 1.82) is 0 Å². The number of likely N-dealkylation sites (N-methyl/N-ethyl adjacent to an activating group) is 1. The van der Waals surface area contributed by atoms with E-state index in [0.717, 1.165) is 37.5 Å². The van der Waals surface area contributed by atoms with Gasteiger partial charge in [-0.1, -0.05) is 48.5 Å². The molecule has 2 saturated heterocycles. The summed E-state index contributed by atoms with van der Waals surface area (Å²) in [4.78, 5) is 42.0. The summed E-state index contributed by atoms with van der Waals surface area (Å²) in [6.45, 7) is 2.96. The minimum atomic E-state index is -5.08. The third-order valence-electron chi connectivity index (χ3n) is 13.5. The van der Waals surface area contributed by atoms with E-state index in [1.54, 1.807) is 22.3 Å². The lowest BCUT2D eigenvalue weighted by atomic mass is 9.84. The van der Waals surface area contributed by atoms with E-state index >= 15 is 0 Å². The molecule has 4 bridgehead atoms. The maximum Gasteiger partial charge on any atom is 0.490 e. The van der Waals surface area contributed by atoms with Crippen molar-refractivity contribution in [1.82, 2.24) is 25.3 Å². The SMILES string of the molecule is CN(CC(=O)NC1CCC(CCN2[C@@H]3CC[C@H]2c2ccccc23)CC1)CC(=O)NC1CCC(CCN2[C@@H]3CC[C@H]2c2ccccc23)CC1.O=C(O)C(F)(F)F. The predicted molar refractivity (Wildman–Crippen MR) is 204 cm³/mol. The molecule has 0 aromatic heterocycles. The van der Waals surface area contributed by atoms with Crippen LogP contribution in [0.5, 0.6) is 0 Å². The van der Waals surface area contributed by atoms with Crippen LogP contribution in [-0.4, -0.2) is 89.1 Å². The van der Waals surface area contributed by atoms with Crippen LogP contribution in [0.25, 0.3) is 0 Å². The molecular formula is C43H58F3N5O4. The van der Waals surface area contributed by atoms with Crippen molar-refractivity contribution in [2.45, 2.75) is 132 Å². The van der Waals surface area contributed by atoms with E-state index in [1.807, 2.05) is 11.9 Å². The summed E-state index contributed by atoms with van der Waals surface area (Å²) in [5.74, 6) is -1.13. The van der Waals surface area contributed by atoms with Gasteiger partial charge in [-0.15, -0.1) is 0 Å². The highest BCUT2D eigenvalue weighted by atomic mass is 19.4. The van der Waals surface area contributed by atoms with Crippen molar-refractivity contribution in [2.24, 2.45) is 11.8 Å². The molecule has 0 spiro atoms. The van der Waals surface area contributed by atoms with Gasteiger partial charge in [-0.25, -0.2) is 4.79 Å². The zero-order valence-corrected chi connectivity index (χ0v) is 32.1. The number of nitrogens with zero attached hydrogens (tertiary/aromatic N) is 3. The number of nitrogens with one attached hydrogen (secondary N) is 2. The van der Waals surface area contributed by atoms with Crippen molar-refractivity contribution in [2.75, 3.05) is 33.2 Å².